The predicted octanol–water partition coefficient (Wildman–Crippen LogP) is 4.44. The van der Waals surface area contributed by atoms with Crippen LogP contribution in [0.25, 0.3) is 0 Å². The molecule has 0 amide bonds. The highest BCUT2D eigenvalue weighted by atomic mass is 32.2. The molecule has 0 unspecified atom stereocenters. The zero-order valence-corrected chi connectivity index (χ0v) is 13.8. The van der Waals surface area contributed by atoms with Gasteiger partial charge in [0.25, 0.3) is 0 Å². The Kier molecular flexibility index (Phi) is 8.36. The Balaban J connectivity index is 4.43. The number of rotatable bonds is 6. The largest absolute Gasteiger partial charge is 0.470 e. The Morgan fingerprint density at radius 1 is 1.33 bits per heavy atom. The van der Waals surface area contributed by atoms with Crippen molar-refractivity contribution in [2.24, 2.45) is 5.41 Å². The Morgan fingerprint density at radius 3 is 2.28 bits per heavy atom. The van der Waals surface area contributed by atoms with Crippen molar-refractivity contribution < 1.29 is 4.74 Å². The van der Waals surface area contributed by atoms with Crippen LogP contribution in [0.2, 0.25) is 0 Å². The molecule has 0 spiro atoms. The maximum atomic E-state index is 5.46. The number of hydrogen-bond donors (Lipinski definition) is 0. The van der Waals surface area contributed by atoms with Crippen LogP contribution in [-0.4, -0.2) is 28.1 Å². The van der Waals surface area contributed by atoms with Gasteiger partial charge in [0.15, 0.2) is 0 Å². The van der Waals surface area contributed by atoms with Crippen molar-refractivity contribution in [3.63, 3.8) is 0 Å². The minimum atomic E-state index is -0.00836. The molecule has 0 bridgehead atoms. The minimum Gasteiger partial charge on any atom is -0.470 e. The smallest absolute Gasteiger partial charge is 0.136 e. The average molecular weight is 287 g/mol. The van der Waals surface area contributed by atoms with Crippen LogP contribution in [0.4, 0.5) is 0 Å². The van der Waals surface area contributed by atoms with Gasteiger partial charge in [-0.15, -0.1) is 0 Å². The van der Waals surface area contributed by atoms with Crippen molar-refractivity contribution in [1.29, 1.82) is 0 Å². The number of thiocarbonyl (C=S) groups is 1. The maximum absolute atomic E-state index is 5.46. The summed E-state index contributed by atoms with van der Waals surface area (Å²) in [6, 6.07) is 0. The summed E-state index contributed by atoms with van der Waals surface area (Å²) in [6.07, 6.45) is 3.56. The first-order valence-corrected chi connectivity index (χ1v) is 7.66. The van der Waals surface area contributed by atoms with Crippen LogP contribution in [0.15, 0.2) is 24.7 Å². The monoisotopic (exact) mass is 287 g/mol. The van der Waals surface area contributed by atoms with E-state index in [0.717, 1.165) is 28.9 Å². The molecule has 0 heterocycles. The van der Waals surface area contributed by atoms with Gasteiger partial charge < -0.3 is 9.64 Å². The molecule has 0 aromatic carbocycles. The van der Waals surface area contributed by atoms with E-state index >= 15 is 0 Å². The molecule has 0 rings (SSSR count). The molecule has 18 heavy (non-hydrogen) atoms. The summed E-state index contributed by atoms with van der Waals surface area (Å²) >= 11 is 7.05. The van der Waals surface area contributed by atoms with Crippen molar-refractivity contribution in [1.82, 2.24) is 4.90 Å². The van der Waals surface area contributed by atoms with E-state index in [4.69, 9.17) is 17.0 Å². The van der Waals surface area contributed by atoms with Gasteiger partial charge >= 0.3 is 0 Å². The average Bonchev–Trinajstić information content (AvgIpc) is 2.28. The Morgan fingerprint density at radius 2 is 1.89 bits per heavy atom. The highest BCUT2D eigenvalue weighted by Crippen LogP contribution is 2.27. The second-order valence-corrected chi connectivity index (χ2v) is 6.51. The van der Waals surface area contributed by atoms with Crippen molar-refractivity contribution in [3.05, 3.63) is 24.7 Å². The number of ether oxygens (including phenoxy) is 1. The quantitative estimate of drug-likeness (QED) is 0.529. The first-order valence-electron chi connectivity index (χ1n) is 6.26. The molecule has 4 heteroatoms. The predicted molar refractivity (Wildman–Crippen MR) is 86.8 cm³/mol. The molecule has 2 nitrogen and oxygen atoms in total. The van der Waals surface area contributed by atoms with Crippen molar-refractivity contribution in [2.75, 3.05) is 18.8 Å². The number of allylic oxidation sites excluding steroid dienone is 1. The molecular formula is C14H25NOS2. The lowest BCUT2D eigenvalue weighted by Crippen LogP contribution is -2.26. The maximum Gasteiger partial charge on any atom is 0.136 e. The first-order chi connectivity index (χ1) is 8.36. The lowest BCUT2D eigenvalue weighted by Gasteiger charge is -2.22. The van der Waals surface area contributed by atoms with Gasteiger partial charge in [-0.25, -0.2) is 0 Å². The third kappa shape index (κ3) is 6.45. The van der Waals surface area contributed by atoms with Gasteiger partial charge in [0.05, 0.1) is 6.26 Å². The lowest BCUT2D eigenvalue weighted by molar-refractivity contribution is 0.246. The van der Waals surface area contributed by atoms with E-state index in [1.807, 2.05) is 0 Å². The standard InChI is InChI=1S/C14H25NOS2/c1-7-15(8-2)13(17)18-11-10-12(16-9-3)14(4,5)6/h9-10H,3,7-8,11H2,1-2,4-6H3/b12-10+. The fraction of sp³-hybridized carbons (Fsp3) is 0.643. The fourth-order valence-electron chi connectivity index (χ4n) is 1.38. The zero-order chi connectivity index (χ0) is 14.2. The second kappa shape index (κ2) is 8.59. The molecule has 0 aliphatic carbocycles. The van der Waals surface area contributed by atoms with Crippen LogP contribution < -0.4 is 0 Å². The van der Waals surface area contributed by atoms with Crippen LogP contribution in [-0.2, 0) is 4.74 Å². The SMILES string of the molecule is C=CO/C(=C/CSC(=S)N(CC)CC)C(C)(C)C. The Labute approximate surface area is 121 Å². The molecule has 0 saturated carbocycles. The van der Waals surface area contributed by atoms with Crippen LogP contribution in [0.3, 0.4) is 0 Å². The van der Waals surface area contributed by atoms with Crippen LogP contribution in [0.1, 0.15) is 34.6 Å². The van der Waals surface area contributed by atoms with E-state index in [9.17, 15) is 0 Å². The number of nitrogens with zero attached hydrogens (tertiary/aromatic N) is 1. The van der Waals surface area contributed by atoms with Gasteiger partial charge in [-0.05, 0) is 19.9 Å². The molecule has 0 aliphatic rings. The fourth-order valence-corrected chi connectivity index (χ4v) is 2.66. The molecule has 0 radical (unpaired) electrons. The topological polar surface area (TPSA) is 12.5 Å². The minimum absolute atomic E-state index is 0.00836. The molecule has 0 N–H and O–H groups in total. The Hall–Kier alpha value is -0.480. The summed E-state index contributed by atoms with van der Waals surface area (Å²) in [5.74, 6) is 1.77. The van der Waals surface area contributed by atoms with Gasteiger partial charge in [0.1, 0.15) is 10.1 Å². The molecule has 104 valence electrons. The number of hydrogen-bond acceptors (Lipinski definition) is 3. The molecular weight excluding hydrogens is 262 g/mol. The zero-order valence-electron chi connectivity index (χ0n) is 12.2. The van der Waals surface area contributed by atoms with Gasteiger partial charge in [0, 0.05) is 24.3 Å². The molecule has 0 atom stereocenters. The summed E-state index contributed by atoms with van der Waals surface area (Å²) in [6.45, 7) is 16.1. The molecule has 0 aromatic rings. The van der Waals surface area contributed by atoms with Crippen LogP contribution >= 0.6 is 24.0 Å². The van der Waals surface area contributed by atoms with Crippen molar-refractivity contribution in [2.45, 2.75) is 34.6 Å². The molecule has 0 aromatic heterocycles. The van der Waals surface area contributed by atoms with Crippen molar-refractivity contribution >= 4 is 28.3 Å². The van der Waals surface area contributed by atoms with Gasteiger partial charge in [0.2, 0.25) is 0 Å². The van der Waals surface area contributed by atoms with E-state index in [2.05, 4.69) is 52.2 Å². The molecule has 0 fully saturated rings. The van der Waals surface area contributed by atoms with Gasteiger partial charge in [-0.3, -0.25) is 0 Å². The first kappa shape index (κ1) is 17.5. The lowest BCUT2D eigenvalue weighted by atomic mass is 9.94. The highest BCUT2D eigenvalue weighted by Gasteiger charge is 2.18. The molecule has 0 saturated heterocycles. The van der Waals surface area contributed by atoms with Gasteiger partial charge in [-0.2, -0.15) is 0 Å². The summed E-state index contributed by atoms with van der Waals surface area (Å²) in [5.41, 5.74) is -0.00836. The number of thioether (sulfide) groups is 1. The third-order valence-corrected chi connectivity index (χ3v) is 3.90. The van der Waals surface area contributed by atoms with Crippen LogP contribution in [0.5, 0.6) is 0 Å². The Bertz CT molecular complexity index is 301. The molecule has 0 aliphatic heterocycles. The summed E-state index contributed by atoms with van der Waals surface area (Å²) in [5, 5.41) is 0. The van der Waals surface area contributed by atoms with Crippen molar-refractivity contribution in [3.8, 4) is 0 Å². The van der Waals surface area contributed by atoms with Gasteiger partial charge in [-0.1, -0.05) is 51.3 Å². The summed E-state index contributed by atoms with van der Waals surface area (Å²) in [4.78, 5) is 2.18. The van der Waals surface area contributed by atoms with E-state index in [0.29, 0.717) is 0 Å². The summed E-state index contributed by atoms with van der Waals surface area (Å²) in [7, 11) is 0. The van der Waals surface area contributed by atoms with E-state index in [1.165, 1.54) is 6.26 Å². The van der Waals surface area contributed by atoms with E-state index < -0.39 is 0 Å². The third-order valence-electron chi connectivity index (χ3n) is 2.45. The van der Waals surface area contributed by atoms with Crippen LogP contribution in [0, 0.1) is 5.41 Å². The van der Waals surface area contributed by atoms with E-state index in [1.54, 1.807) is 11.8 Å². The highest BCUT2D eigenvalue weighted by molar-refractivity contribution is 8.23. The van der Waals surface area contributed by atoms with E-state index in [-0.39, 0.29) is 5.41 Å². The normalized spacial score (nSPS) is 12.2. The summed E-state index contributed by atoms with van der Waals surface area (Å²) < 4.78 is 6.40. The second-order valence-electron chi connectivity index (χ2n) is 4.85.